The van der Waals surface area contributed by atoms with E-state index in [-0.39, 0.29) is 12.5 Å². The maximum absolute atomic E-state index is 13.2. The summed E-state index contributed by atoms with van der Waals surface area (Å²) in [5.41, 5.74) is 0. The van der Waals surface area contributed by atoms with Crippen molar-refractivity contribution in [1.82, 2.24) is 5.32 Å². The van der Waals surface area contributed by atoms with E-state index in [4.69, 9.17) is 9.47 Å². The third kappa shape index (κ3) is 46.3. The monoisotopic (exact) mass is 1120 g/mol. The predicted molar refractivity (Wildman–Crippen MR) is 320 cm³/mol. The van der Waals surface area contributed by atoms with Crippen molar-refractivity contribution in [2.24, 2.45) is 0 Å². The Kier molecular flexibility index (Phi) is 52.3. The Labute approximate surface area is 475 Å². The van der Waals surface area contributed by atoms with Crippen molar-refractivity contribution in [3.05, 3.63) is 0 Å². The van der Waals surface area contributed by atoms with Crippen LogP contribution in [0.1, 0.15) is 348 Å². The molecule has 1 heterocycles. The van der Waals surface area contributed by atoms with E-state index in [0.29, 0.717) is 12.8 Å². The number of nitrogens with one attached hydrogen (secondary N) is 1. The number of carbonyl (C=O) groups excluding carboxylic acids is 1. The lowest BCUT2D eigenvalue weighted by Gasteiger charge is -2.41. The van der Waals surface area contributed by atoms with Gasteiger partial charge in [-0.25, -0.2) is 4.18 Å². The van der Waals surface area contributed by atoms with Crippen LogP contribution in [-0.4, -0.2) is 95.4 Å². The van der Waals surface area contributed by atoms with Crippen LogP contribution < -0.4 is 5.32 Å². The molecule has 0 aromatic carbocycles. The van der Waals surface area contributed by atoms with Gasteiger partial charge in [0.15, 0.2) is 6.29 Å². The van der Waals surface area contributed by atoms with Crippen LogP contribution in [0.15, 0.2) is 0 Å². The lowest BCUT2D eigenvalue weighted by Crippen LogP contribution is -2.61. The molecule has 0 bridgehead atoms. The number of amides is 1. The van der Waals surface area contributed by atoms with Crippen LogP contribution in [0.4, 0.5) is 0 Å². The first-order chi connectivity index (χ1) is 37.5. The SMILES string of the molecule is CCCCCCCCCCCCCCCCCCCCCCCCCCCCCC(=O)NC(COC1OC(CO)C(O)C(OS(=O)(=O)O)C1O)C(O)CCCCCCCCCCCCCCCCCCCCCCCCC. The van der Waals surface area contributed by atoms with Crippen LogP contribution in [0, 0.1) is 0 Å². The normalized spacial score (nSPS) is 18.8. The van der Waals surface area contributed by atoms with Gasteiger partial charge in [-0.05, 0) is 12.8 Å². The zero-order chi connectivity index (χ0) is 56.1. The maximum Gasteiger partial charge on any atom is 0.397 e. The summed E-state index contributed by atoms with van der Waals surface area (Å²) in [5.74, 6) is -0.220. The van der Waals surface area contributed by atoms with Crippen LogP contribution in [0.3, 0.4) is 0 Å². The van der Waals surface area contributed by atoms with Gasteiger partial charge >= 0.3 is 10.4 Å². The van der Waals surface area contributed by atoms with Crippen molar-refractivity contribution < 1.29 is 51.8 Å². The van der Waals surface area contributed by atoms with Gasteiger partial charge < -0.3 is 35.2 Å². The fraction of sp³-hybridized carbons (Fsp3) is 0.984. The maximum atomic E-state index is 13.2. The van der Waals surface area contributed by atoms with Crippen molar-refractivity contribution >= 4 is 16.3 Å². The molecule has 6 N–H and O–H groups in total. The molecule has 0 aromatic rings. The van der Waals surface area contributed by atoms with Crippen LogP contribution >= 0.6 is 0 Å². The largest absolute Gasteiger partial charge is 0.397 e. The molecule has 1 aliphatic rings. The molecule has 0 spiro atoms. The van der Waals surface area contributed by atoms with Gasteiger partial charge in [-0.15, -0.1) is 0 Å². The summed E-state index contributed by atoms with van der Waals surface area (Å²) in [6.07, 6.45) is 57.0. The Balaban J connectivity index is 2.25. The predicted octanol–water partition coefficient (Wildman–Crippen LogP) is 16.8. The lowest BCUT2D eigenvalue weighted by molar-refractivity contribution is -0.298. The number of rotatable bonds is 60. The number of aliphatic hydroxyl groups is 4. The van der Waals surface area contributed by atoms with Gasteiger partial charge in [0.2, 0.25) is 5.91 Å². The third-order valence-electron chi connectivity index (χ3n) is 16.4. The Hall–Kier alpha value is -0.900. The molecule has 1 saturated heterocycles. The molecule has 0 saturated carbocycles. The van der Waals surface area contributed by atoms with E-state index in [1.54, 1.807) is 0 Å². The van der Waals surface area contributed by atoms with Gasteiger partial charge in [-0.2, -0.15) is 8.42 Å². The second-order valence-electron chi connectivity index (χ2n) is 23.8. The average molecular weight is 1120 g/mol. The smallest absolute Gasteiger partial charge is 0.394 e. The molecular formula is C64H127NO11S. The second kappa shape index (κ2) is 54.4. The first-order valence-corrected chi connectivity index (χ1v) is 34.8. The first kappa shape index (κ1) is 74.1. The minimum atomic E-state index is -5.08. The topological polar surface area (TPSA) is 192 Å². The number of hydrogen-bond acceptors (Lipinski definition) is 10. The molecule has 1 amide bonds. The Morgan fingerprint density at radius 3 is 1.04 bits per heavy atom. The Morgan fingerprint density at radius 2 is 0.753 bits per heavy atom. The second-order valence-corrected chi connectivity index (χ2v) is 24.8. The molecule has 460 valence electrons. The molecule has 7 unspecified atom stereocenters. The van der Waals surface area contributed by atoms with Crippen LogP contribution in [0.5, 0.6) is 0 Å². The minimum absolute atomic E-state index is 0.220. The van der Waals surface area contributed by atoms with E-state index in [1.165, 1.54) is 270 Å². The summed E-state index contributed by atoms with van der Waals surface area (Å²) in [6.45, 7) is 3.53. The molecule has 1 aliphatic heterocycles. The van der Waals surface area contributed by atoms with Crippen LogP contribution in [-0.2, 0) is 28.9 Å². The number of hydrogen-bond donors (Lipinski definition) is 6. The quantitative estimate of drug-likeness (QED) is 0.0251. The molecule has 0 aromatic heterocycles. The van der Waals surface area contributed by atoms with E-state index in [9.17, 15) is 38.2 Å². The molecule has 77 heavy (non-hydrogen) atoms. The molecule has 13 heteroatoms. The molecule has 1 rings (SSSR count). The molecule has 12 nitrogen and oxygen atoms in total. The van der Waals surface area contributed by atoms with Gasteiger partial charge in [0.1, 0.15) is 24.4 Å². The summed E-state index contributed by atoms with van der Waals surface area (Å²) < 4.78 is 48.1. The van der Waals surface area contributed by atoms with Crippen molar-refractivity contribution in [2.45, 2.75) is 391 Å². The summed E-state index contributed by atoms with van der Waals surface area (Å²) in [7, 11) is -5.08. The van der Waals surface area contributed by atoms with Gasteiger partial charge in [-0.3, -0.25) is 9.35 Å². The first-order valence-electron chi connectivity index (χ1n) is 33.4. The van der Waals surface area contributed by atoms with E-state index in [1.807, 2.05) is 0 Å². The number of carbonyl (C=O) groups is 1. The van der Waals surface area contributed by atoms with Gasteiger partial charge in [0.25, 0.3) is 0 Å². The summed E-state index contributed by atoms with van der Waals surface area (Å²) >= 11 is 0. The third-order valence-corrected chi connectivity index (χ3v) is 16.9. The highest BCUT2D eigenvalue weighted by atomic mass is 32.3. The van der Waals surface area contributed by atoms with Crippen molar-refractivity contribution in [3.63, 3.8) is 0 Å². The summed E-state index contributed by atoms with van der Waals surface area (Å²) in [5, 5.41) is 45.3. The van der Waals surface area contributed by atoms with Crippen molar-refractivity contribution in [2.75, 3.05) is 13.2 Å². The highest BCUT2D eigenvalue weighted by Crippen LogP contribution is 2.27. The van der Waals surface area contributed by atoms with Gasteiger partial charge in [0.05, 0.1) is 25.4 Å². The van der Waals surface area contributed by atoms with E-state index in [2.05, 4.69) is 23.3 Å². The van der Waals surface area contributed by atoms with E-state index in [0.717, 1.165) is 51.4 Å². The van der Waals surface area contributed by atoms with Crippen molar-refractivity contribution in [3.8, 4) is 0 Å². The van der Waals surface area contributed by atoms with Crippen LogP contribution in [0.2, 0.25) is 0 Å². The fourth-order valence-electron chi connectivity index (χ4n) is 11.3. The summed E-state index contributed by atoms with van der Waals surface area (Å²) in [6, 6.07) is -0.854. The zero-order valence-electron chi connectivity index (χ0n) is 50.3. The molecule has 0 aliphatic carbocycles. The zero-order valence-corrected chi connectivity index (χ0v) is 51.1. The highest BCUT2D eigenvalue weighted by Gasteiger charge is 2.48. The number of aliphatic hydroxyl groups excluding tert-OH is 4. The minimum Gasteiger partial charge on any atom is -0.394 e. The molecule has 0 radical (unpaired) electrons. The lowest BCUT2D eigenvalue weighted by atomic mass is 9.99. The fourth-order valence-corrected chi connectivity index (χ4v) is 11.8. The Bertz CT molecular complexity index is 1360. The van der Waals surface area contributed by atoms with Crippen molar-refractivity contribution in [1.29, 1.82) is 0 Å². The standard InChI is InChI=1S/C64H127NO11S/c1-3-5-7-9-11-13-15-17-19-21-23-25-27-28-29-30-32-34-36-38-40-42-44-46-48-50-52-54-60(68)65-57(56-74-64-62(70)63(76-77(71,72)73)61(69)59(55-66)75-64)58(67)53-51-49-47-45-43-41-39-37-35-33-31-26-24-22-20-18-16-14-12-10-8-6-4-2/h57-59,61-64,66-67,69-70H,3-56H2,1-2H3,(H,65,68)(H,71,72,73). The highest BCUT2D eigenvalue weighted by molar-refractivity contribution is 7.80. The number of ether oxygens (including phenoxy) is 2. The van der Waals surface area contributed by atoms with Crippen LogP contribution in [0.25, 0.3) is 0 Å². The number of unbranched alkanes of at least 4 members (excludes halogenated alkanes) is 48. The van der Waals surface area contributed by atoms with E-state index >= 15 is 0 Å². The average Bonchev–Trinajstić information content (AvgIpc) is 3.41. The van der Waals surface area contributed by atoms with E-state index < -0.39 is 59.9 Å². The molecule has 7 atom stereocenters. The van der Waals surface area contributed by atoms with Gasteiger partial charge in [-0.1, -0.05) is 328 Å². The molecular weight excluding hydrogens is 991 g/mol. The molecule has 1 fully saturated rings. The van der Waals surface area contributed by atoms with Gasteiger partial charge in [0, 0.05) is 6.42 Å². The Morgan fingerprint density at radius 1 is 0.468 bits per heavy atom. The summed E-state index contributed by atoms with van der Waals surface area (Å²) in [4.78, 5) is 13.2.